The van der Waals surface area contributed by atoms with Crippen LogP contribution in [0.5, 0.6) is 0 Å². The van der Waals surface area contributed by atoms with E-state index < -0.39 is 0 Å². The second-order valence-electron chi connectivity index (χ2n) is 8.73. The first-order valence-electron chi connectivity index (χ1n) is 12.0. The highest BCUT2D eigenvalue weighted by atomic mass is 16.2. The van der Waals surface area contributed by atoms with Gasteiger partial charge in [-0.3, -0.25) is 19.1 Å². The fourth-order valence-corrected chi connectivity index (χ4v) is 4.26. The zero-order valence-corrected chi connectivity index (χ0v) is 20.2. The summed E-state index contributed by atoms with van der Waals surface area (Å²) in [6, 6.07) is 17.3. The number of rotatable bonds is 8. The van der Waals surface area contributed by atoms with Crippen molar-refractivity contribution in [3.63, 3.8) is 0 Å². The topological polar surface area (TPSA) is 96.3 Å². The van der Waals surface area contributed by atoms with Gasteiger partial charge >= 0.3 is 0 Å². The van der Waals surface area contributed by atoms with E-state index in [0.29, 0.717) is 37.4 Å². The van der Waals surface area contributed by atoms with Gasteiger partial charge in [0.25, 0.3) is 5.91 Å². The van der Waals surface area contributed by atoms with Crippen molar-refractivity contribution in [1.82, 2.24) is 20.0 Å². The highest BCUT2D eigenvalue weighted by Gasteiger charge is 2.29. The summed E-state index contributed by atoms with van der Waals surface area (Å²) in [5.74, 6) is -0.551. The molecule has 1 aliphatic rings. The molecule has 0 spiro atoms. The highest BCUT2D eigenvalue weighted by Crippen LogP contribution is 2.24. The number of anilines is 1. The zero-order chi connectivity index (χ0) is 24.8. The first kappa shape index (κ1) is 24.2. The number of carbonyl (C=O) groups excluding carboxylic acids is 3. The number of benzene rings is 2. The fraction of sp³-hybridized carbons (Fsp3) is 0.333. The van der Waals surface area contributed by atoms with Crippen LogP contribution in [-0.2, 0) is 42.6 Å². The van der Waals surface area contributed by atoms with Gasteiger partial charge in [-0.05, 0) is 29.7 Å². The van der Waals surface area contributed by atoms with E-state index in [1.807, 2.05) is 49.5 Å². The summed E-state index contributed by atoms with van der Waals surface area (Å²) in [4.78, 5) is 39.7. The molecule has 3 aromatic rings. The molecule has 0 unspecified atom stereocenters. The standard InChI is InChI=1S/C27H31N5O3/c1-3-19-9-11-20(12-10-19)17-28-24(33)13-14-25(34)32-16-15-23-22(18-32)26(30-31(23)2)27(35)29-21-7-5-4-6-8-21/h4-12H,3,13-18H2,1-2H3,(H,28,33)(H,29,35). The molecular formula is C27H31N5O3. The van der Waals surface area contributed by atoms with Crippen molar-refractivity contribution in [2.45, 2.75) is 45.7 Å². The lowest BCUT2D eigenvalue weighted by Gasteiger charge is -2.27. The van der Waals surface area contributed by atoms with E-state index in [1.54, 1.807) is 9.58 Å². The van der Waals surface area contributed by atoms with E-state index in [9.17, 15) is 14.4 Å². The van der Waals surface area contributed by atoms with Gasteiger partial charge in [0, 0.05) is 62.9 Å². The Balaban J connectivity index is 1.31. The Kier molecular flexibility index (Phi) is 7.60. The minimum absolute atomic E-state index is 0.101. The first-order chi connectivity index (χ1) is 16.9. The number of fused-ring (bicyclic) bond motifs is 1. The van der Waals surface area contributed by atoms with Crippen LogP contribution in [0.2, 0.25) is 0 Å². The number of para-hydroxylation sites is 1. The van der Waals surface area contributed by atoms with Crippen molar-refractivity contribution in [2.24, 2.45) is 7.05 Å². The number of hydrogen-bond acceptors (Lipinski definition) is 4. The van der Waals surface area contributed by atoms with Gasteiger partial charge < -0.3 is 15.5 Å². The number of hydrogen-bond donors (Lipinski definition) is 2. The minimum Gasteiger partial charge on any atom is -0.352 e. The van der Waals surface area contributed by atoms with Crippen molar-refractivity contribution >= 4 is 23.4 Å². The van der Waals surface area contributed by atoms with Crippen LogP contribution >= 0.6 is 0 Å². The molecule has 0 radical (unpaired) electrons. The maximum Gasteiger partial charge on any atom is 0.276 e. The van der Waals surface area contributed by atoms with Crippen LogP contribution in [0.3, 0.4) is 0 Å². The third kappa shape index (κ3) is 5.95. The normalized spacial score (nSPS) is 12.7. The second kappa shape index (κ2) is 11.0. The van der Waals surface area contributed by atoms with Crippen LogP contribution in [0.4, 0.5) is 5.69 Å². The van der Waals surface area contributed by atoms with Crippen LogP contribution in [0.25, 0.3) is 0 Å². The van der Waals surface area contributed by atoms with Crippen LogP contribution < -0.4 is 10.6 Å². The average molecular weight is 474 g/mol. The quantitative estimate of drug-likeness (QED) is 0.525. The Morgan fingerprint density at radius 3 is 2.40 bits per heavy atom. The molecule has 182 valence electrons. The second-order valence-corrected chi connectivity index (χ2v) is 8.73. The van der Waals surface area contributed by atoms with Gasteiger partial charge in [-0.15, -0.1) is 0 Å². The van der Waals surface area contributed by atoms with Gasteiger partial charge in [0.2, 0.25) is 11.8 Å². The number of carbonyl (C=O) groups is 3. The number of aryl methyl sites for hydroxylation is 2. The maximum absolute atomic E-state index is 12.9. The van der Waals surface area contributed by atoms with Gasteiger partial charge in [-0.25, -0.2) is 0 Å². The summed E-state index contributed by atoms with van der Waals surface area (Å²) in [6.07, 6.45) is 1.85. The molecule has 3 amide bonds. The smallest absolute Gasteiger partial charge is 0.276 e. The molecule has 0 bridgehead atoms. The molecule has 8 nitrogen and oxygen atoms in total. The van der Waals surface area contributed by atoms with Crippen LogP contribution in [0.1, 0.15) is 52.6 Å². The Bertz CT molecular complexity index is 1200. The molecule has 4 rings (SSSR count). The molecule has 0 fully saturated rings. The third-order valence-corrected chi connectivity index (χ3v) is 6.33. The van der Waals surface area contributed by atoms with Gasteiger partial charge in [0.1, 0.15) is 0 Å². The molecule has 0 aliphatic carbocycles. The number of amides is 3. The zero-order valence-electron chi connectivity index (χ0n) is 20.2. The fourth-order valence-electron chi connectivity index (χ4n) is 4.26. The lowest BCUT2D eigenvalue weighted by molar-refractivity contribution is -0.134. The van der Waals surface area contributed by atoms with E-state index in [1.165, 1.54) is 5.56 Å². The van der Waals surface area contributed by atoms with Gasteiger partial charge in [-0.2, -0.15) is 5.10 Å². The molecule has 1 aliphatic heterocycles. The molecule has 8 heteroatoms. The molecule has 0 saturated carbocycles. The Labute approximate surface area is 205 Å². The predicted molar refractivity (Wildman–Crippen MR) is 134 cm³/mol. The average Bonchev–Trinajstić information content (AvgIpc) is 3.22. The molecule has 0 atom stereocenters. The van der Waals surface area contributed by atoms with E-state index in [-0.39, 0.29) is 30.6 Å². The lowest BCUT2D eigenvalue weighted by atomic mass is 10.0. The maximum atomic E-state index is 12.9. The third-order valence-electron chi connectivity index (χ3n) is 6.33. The van der Waals surface area contributed by atoms with Crippen molar-refractivity contribution in [3.05, 3.63) is 82.7 Å². The molecule has 2 N–H and O–H groups in total. The Morgan fingerprint density at radius 2 is 1.69 bits per heavy atom. The number of nitrogens with zero attached hydrogens (tertiary/aromatic N) is 3. The van der Waals surface area contributed by atoms with Gasteiger partial charge in [0.15, 0.2) is 5.69 Å². The van der Waals surface area contributed by atoms with Crippen LogP contribution in [-0.4, -0.2) is 38.9 Å². The Morgan fingerprint density at radius 1 is 0.971 bits per heavy atom. The summed E-state index contributed by atoms with van der Waals surface area (Å²) in [6.45, 7) is 3.40. The van der Waals surface area contributed by atoms with Gasteiger partial charge in [-0.1, -0.05) is 49.4 Å². The molecule has 2 aromatic carbocycles. The minimum atomic E-state index is -0.298. The van der Waals surface area contributed by atoms with Crippen molar-refractivity contribution in [3.8, 4) is 0 Å². The summed E-state index contributed by atoms with van der Waals surface area (Å²) in [7, 11) is 1.82. The van der Waals surface area contributed by atoms with E-state index >= 15 is 0 Å². The lowest BCUT2D eigenvalue weighted by Crippen LogP contribution is -2.37. The van der Waals surface area contributed by atoms with E-state index in [4.69, 9.17) is 0 Å². The summed E-state index contributed by atoms with van der Waals surface area (Å²) in [5, 5.41) is 10.2. The molecule has 1 aromatic heterocycles. The largest absolute Gasteiger partial charge is 0.352 e. The van der Waals surface area contributed by atoms with Crippen molar-refractivity contribution in [2.75, 3.05) is 11.9 Å². The predicted octanol–water partition coefficient (Wildman–Crippen LogP) is 3.22. The summed E-state index contributed by atoms with van der Waals surface area (Å²) >= 11 is 0. The van der Waals surface area contributed by atoms with Crippen molar-refractivity contribution < 1.29 is 14.4 Å². The van der Waals surface area contributed by atoms with Gasteiger partial charge in [0.05, 0.1) is 0 Å². The van der Waals surface area contributed by atoms with Crippen molar-refractivity contribution in [1.29, 1.82) is 0 Å². The monoisotopic (exact) mass is 473 g/mol. The Hall–Kier alpha value is -3.94. The first-order valence-corrected chi connectivity index (χ1v) is 12.0. The molecular weight excluding hydrogens is 442 g/mol. The number of nitrogens with one attached hydrogen (secondary N) is 2. The van der Waals surface area contributed by atoms with E-state index in [2.05, 4.69) is 34.8 Å². The SMILES string of the molecule is CCc1ccc(CNC(=O)CCC(=O)N2CCc3c(c(C(=O)Nc4ccccc4)nn3C)C2)cc1. The molecule has 0 saturated heterocycles. The summed E-state index contributed by atoms with van der Waals surface area (Å²) < 4.78 is 1.72. The summed E-state index contributed by atoms with van der Waals surface area (Å²) in [5.41, 5.74) is 5.02. The molecule has 35 heavy (non-hydrogen) atoms. The van der Waals surface area contributed by atoms with Crippen LogP contribution in [0, 0.1) is 0 Å². The van der Waals surface area contributed by atoms with E-state index in [0.717, 1.165) is 23.2 Å². The highest BCUT2D eigenvalue weighted by molar-refractivity contribution is 6.04. The van der Waals surface area contributed by atoms with Crippen LogP contribution in [0.15, 0.2) is 54.6 Å². The molecule has 2 heterocycles. The number of aromatic nitrogens is 2.